The number of fused-ring (bicyclic) bond motifs is 1. The molecular formula is C25H25Br2F3N4O2. The third kappa shape index (κ3) is 5.04. The van der Waals surface area contributed by atoms with Gasteiger partial charge < -0.3 is 9.64 Å². The molecule has 1 saturated heterocycles. The molecule has 0 bridgehead atoms. The summed E-state index contributed by atoms with van der Waals surface area (Å²) in [7, 11) is 0. The lowest BCUT2D eigenvalue weighted by atomic mass is 10.0. The molecule has 0 aliphatic carbocycles. The van der Waals surface area contributed by atoms with Gasteiger partial charge >= 0.3 is 12.1 Å². The van der Waals surface area contributed by atoms with Crippen molar-refractivity contribution in [3.8, 4) is 5.69 Å². The van der Waals surface area contributed by atoms with Crippen LogP contribution in [-0.4, -0.2) is 40.2 Å². The van der Waals surface area contributed by atoms with E-state index >= 15 is 0 Å². The number of rotatable bonds is 4. The van der Waals surface area contributed by atoms with Gasteiger partial charge in [0.25, 0.3) is 0 Å². The van der Waals surface area contributed by atoms with Crippen LogP contribution in [0.25, 0.3) is 16.7 Å². The lowest BCUT2D eigenvalue weighted by Gasteiger charge is -2.30. The van der Waals surface area contributed by atoms with Gasteiger partial charge in [0, 0.05) is 33.8 Å². The molecule has 192 valence electrons. The largest absolute Gasteiger partial charge is 0.463 e. The van der Waals surface area contributed by atoms with Gasteiger partial charge in [-0.1, -0.05) is 5.57 Å². The molecule has 0 spiro atoms. The molecule has 1 aliphatic heterocycles. The van der Waals surface area contributed by atoms with E-state index in [1.807, 2.05) is 18.4 Å². The lowest BCUT2D eigenvalue weighted by Crippen LogP contribution is -2.32. The Balaban J connectivity index is 1.80. The zero-order valence-electron chi connectivity index (χ0n) is 20.3. The minimum Gasteiger partial charge on any atom is -0.463 e. The zero-order valence-corrected chi connectivity index (χ0v) is 23.4. The summed E-state index contributed by atoms with van der Waals surface area (Å²) < 4.78 is 47.6. The molecule has 4 rings (SSSR count). The summed E-state index contributed by atoms with van der Waals surface area (Å²) >= 11 is 6.72. The van der Waals surface area contributed by atoms with Gasteiger partial charge in [0.1, 0.15) is 11.6 Å². The zero-order chi connectivity index (χ0) is 26.4. The van der Waals surface area contributed by atoms with Gasteiger partial charge in [0.05, 0.1) is 23.2 Å². The number of hydrogen-bond acceptors (Lipinski definition) is 5. The average molecular weight is 630 g/mol. The van der Waals surface area contributed by atoms with Gasteiger partial charge in [-0.3, -0.25) is 4.57 Å². The molecule has 1 fully saturated rings. The number of aryl methyl sites for hydroxylation is 2. The van der Waals surface area contributed by atoms with Crippen LogP contribution in [0.1, 0.15) is 42.4 Å². The number of benzene rings is 1. The normalized spacial score (nSPS) is 14.5. The fraction of sp³-hybridized carbons (Fsp3) is 0.400. The third-order valence-electron chi connectivity index (χ3n) is 6.33. The fourth-order valence-corrected chi connectivity index (χ4v) is 6.03. The second-order valence-electron chi connectivity index (χ2n) is 8.67. The van der Waals surface area contributed by atoms with Crippen molar-refractivity contribution in [2.45, 2.75) is 46.7 Å². The summed E-state index contributed by atoms with van der Waals surface area (Å²) in [5, 5.41) is 0.856. The van der Waals surface area contributed by atoms with Gasteiger partial charge in [0.2, 0.25) is 0 Å². The lowest BCUT2D eigenvalue weighted by molar-refractivity contribution is -0.138. The number of alkyl halides is 3. The van der Waals surface area contributed by atoms with Crippen molar-refractivity contribution in [3.05, 3.63) is 55.4 Å². The molecule has 0 radical (unpaired) electrons. The van der Waals surface area contributed by atoms with Gasteiger partial charge in [0.15, 0.2) is 5.65 Å². The maximum atomic E-state index is 13.4. The van der Waals surface area contributed by atoms with E-state index in [4.69, 9.17) is 14.7 Å². The van der Waals surface area contributed by atoms with E-state index in [0.717, 1.165) is 40.2 Å². The predicted octanol–water partition coefficient (Wildman–Crippen LogP) is 6.98. The van der Waals surface area contributed by atoms with E-state index in [1.54, 1.807) is 19.9 Å². The van der Waals surface area contributed by atoms with Crippen molar-refractivity contribution in [1.29, 1.82) is 0 Å². The first-order valence-corrected chi connectivity index (χ1v) is 13.0. The summed E-state index contributed by atoms with van der Waals surface area (Å²) in [6.07, 6.45) is -1.47. The van der Waals surface area contributed by atoms with E-state index in [9.17, 15) is 18.0 Å². The molecule has 1 aromatic carbocycles. The first kappa shape index (κ1) is 26.7. The second-order valence-corrected chi connectivity index (χ2v) is 10.4. The quantitative estimate of drug-likeness (QED) is 0.230. The maximum Gasteiger partial charge on any atom is 0.416 e. The van der Waals surface area contributed by atoms with Crippen molar-refractivity contribution in [2.24, 2.45) is 0 Å². The Labute approximate surface area is 223 Å². The van der Waals surface area contributed by atoms with Crippen molar-refractivity contribution in [3.63, 3.8) is 0 Å². The van der Waals surface area contributed by atoms with Crippen LogP contribution in [0.3, 0.4) is 0 Å². The first-order valence-electron chi connectivity index (χ1n) is 11.5. The Kier molecular flexibility index (Phi) is 7.52. The number of carbonyl (C=O) groups excluding carboxylic acids is 1. The number of hydrogen-bond donors (Lipinski definition) is 0. The number of aromatic nitrogens is 3. The van der Waals surface area contributed by atoms with E-state index in [0.29, 0.717) is 58.6 Å². The maximum absolute atomic E-state index is 13.4. The molecular weight excluding hydrogens is 605 g/mol. The molecule has 0 atom stereocenters. The number of nitrogens with zero attached hydrogens (tertiary/aromatic N) is 4. The summed E-state index contributed by atoms with van der Waals surface area (Å²) in [6.45, 7) is 9.16. The van der Waals surface area contributed by atoms with E-state index < -0.39 is 11.7 Å². The number of piperidine rings is 1. The Bertz CT molecular complexity index is 1350. The van der Waals surface area contributed by atoms with Gasteiger partial charge in [-0.25, -0.2) is 14.8 Å². The summed E-state index contributed by atoms with van der Waals surface area (Å²) in [5.41, 5.74) is 3.26. The summed E-state index contributed by atoms with van der Waals surface area (Å²) in [5.74, 6) is 1.02. The molecule has 0 unspecified atom stereocenters. The Hall–Kier alpha value is -2.40. The fourth-order valence-electron chi connectivity index (χ4n) is 4.49. The van der Waals surface area contributed by atoms with Gasteiger partial charge in [-0.05, 0) is 90.1 Å². The highest BCUT2D eigenvalue weighted by Crippen LogP contribution is 2.42. The van der Waals surface area contributed by atoms with Crippen molar-refractivity contribution in [1.82, 2.24) is 14.5 Å². The highest BCUT2D eigenvalue weighted by molar-refractivity contribution is 9.11. The topological polar surface area (TPSA) is 60.2 Å². The molecule has 11 heteroatoms. The van der Waals surface area contributed by atoms with Crippen LogP contribution < -0.4 is 4.90 Å². The van der Waals surface area contributed by atoms with Gasteiger partial charge in [-0.15, -0.1) is 0 Å². The van der Waals surface area contributed by atoms with Crippen molar-refractivity contribution < 1.29 is 22.7 Å². The van der Waals surface area contributed by atoms with Gasteiger partial charge in [-0.2, -0.15) is 13.2 Å². The summed E-state index contributed by atoms with van der Waals surface area (Å²) in [4.78, 5) is 23.5. The molecule has 0 N–H and O–H groups in total. The Morgan fingerprint density at radius 3 is 2.28 bits per heavy atom. The van der Waals surface area contributed by atoms with E-state index in [1.165, 1.54) is 0 Å². The van der Waals surface area contributed by atoms with Crippen molar-refractivity contribution in [2.75, 3.05) is 24.6 Å². The van der Waals surface area contributed by atoms with Crippen LogP contribution in [0.2, 0.25) is 0 Å². The van der Waals surface area contributed by atoms with E-state index in [-0.39, 0.29) is 5.97 Å². The Morgan fingerprint density at radius 2 is 1.72 bits per heavy atom. The minimum atomic E-state index is -4.46. The molecule has 0 amide bonds. The summed E-state index contributed by atoms with van der Waals surface area (Å²) in [6, 6.07) is 2.16. The molecule has 3 aromatic rings. The predicted molar refractivity (Wildman–Crippen MR) is 140 cm³/mol. The van der Waals surface area contributed by atoms with Crippen LogP contribution in [0.15, 0.2) is 32.7 Å². The number of esters is 1. The van der Waals surface area contributed by atoms with Crippen LogP contribution in [-0.2, 0) is 15.7 Å². The standard InChI is InChI=1S/C25H25Br2F3N4O2/c1-5-36-20(35)10-16-6-8-33(9-7-16)23-21-13(2)14(3)34(24(21)32-15(4)31-23)22-18(26)11-17(12-19(22)27)25(28,29)30/h10-12H,5-9H2,1-4H3. The smallest absolute Gasteiger partial charge is 0.416 e. The Morgan fingerprint density at radius 1 is 1.11 bits per heavy atom. The molecule has 2 aromatic heterocycles. The molecule has 3 heterocycles. The number of ether oxygens (including phenoxy) is 1. The first-order chi connectivity index (χ1) is 16.9. The van der Waals surface area contributed by atoms with Crippen LogP contribution in [0.4, 0.5) is 19.0 Å². The SMILES string of the molecule is CCOC(=O)C=C1CCN(c2nc(C)nc3c2c(C)c(C)n3-c2c(Br)cc(C(F)(F)F)cc2Br)CC1. The number of carbonyl (C=O) groups is 1. The average Bonchev–Trinajstić information content (AvgIpc) is 3.03. The minimum absolute atomic E-state index is 0.300. The number of anilines is 1. The third-order valence-corrected chi connectivity index (χ3v) is 7.54. The van der Waals surface area contributed by atoms with E-state index in [2.05, 4.69) is 36.8 Å². The highest BCUT2D eigenvalue weighted by atomic mass is 79.9. The van der Waals surface area contributed by atoms with Crippen LogP contribution in [0.5, 0.6) is 0 Å². The molecule has 1 aliphatic rings. The molecule has 36 heavy (non-hydrogen) atoms. The highest BCUT2D eigenvalue weighted by Gasteiger charge is 2.33. The number of halogens is 5. The molecule has 0 saturated carbocycles. The second kappa shape index (κ2) is 10.2. The molecule has 6 nitrogen and oxygen atoms in total. The van der Waals surface area contributed by atoms with Crippen LogP contribution in [0, 0.1) is 20.8 Å². The monoisotopic (exact) mass is 628 g/mol. The van der Waals surface area contributed by atoms with Crippen molar-refractivity contribution >= 4 is 54.7 Å². The van der Waals surface area contributed by atoms with Crippen LogP contribution >= 0.6 is 31.9 Å².